The van der Waals surface area contributed by atoms with Crippen LogP contribution in [0.3, 0.4) is 0 Å². The van der Waals surface area contributed by atoms with Gasteiger partial charge in [-0.05, 0) is 37.0 Å². The van der Waals surface area contributed by atoms with Crippen LogP contribution in [0.4, 0.5) is 5.82 Å². The van der Waals surface area contributed by atoms with Gasteiger partial charge < -0.3 is 4.90 Å². The maximum absolute atomic E-state index is 4.79. The van der Waals surface area contributed by atoms with E-state index in [1.165, 1.54) is 36.2 Å². The van der Waals surface area contributed by atoms with Crippen LogP contribution < -0.4 is 4.90 Å². The highest BCUT2D eigenvalue weighted by Gasteiger charge is 2.25. The summed E-state index contributed by atoms with van der Waals surface area (Å²) in [6.07, 6.45) is 5.35. The van der Waals surface area contributed by atoms with Crippen molar-refractivity contribution in [3.63, 3.8) is 0 Å². The number of aryl methyl sites for hydroxylation is 1. The average molecular weight is 348 g/mol. The van der Waals surface area contributed by atoms with E-state index in [4.69, 9.17) is 5.10 Å². The molecule has 0 atom stereocenters. The molecular formula is C20H24N6. The first-order chi connectivity index (χ1) is 12.8. The van der Waals surface area contributed by atoms with Gasteiger partial charge in [0.15, 0.2) is 0 Å². The van der Waals surface area contributed by atoms with E-state index < -0.39 is 0 Å². The molecule has 2 aliphatic rings. The number of hydrogen-bond acceptors (Lipinski definition) is 5. The second-order valence-corrected chi connectivity index (χ2v) is 7.33. The van der Waals surface area contributed by atoms with E-state index in [0.717, 1.165) is 49.4 Å². The predicted molar refractivity (Wildman–Crippen MR) is 102 cm³/mol. The van der Waals surface area contributed by atoms with E-state index in [2.05, 4.69) is 49.7 Å². The highest BCUT2D eigenvalue weighted by atomic mass is 15.3. The van der Waals surface area contributed by atoms with Gasteiger partial charge in [0, 0.05) is 50.9 Å². The summed E-state index contributed by atoms with van der Waals surface area (Å²) in [7, 11) is 2.09. The van der Waals surface area contributed by atoms with Crippen molar-refractivity contribution in [3.8, 4) is 0 Å². The largest absolute Gasteiger partial charge is 0.353 e. The monoisotopic (exact) mass is 348 g/mol. The number of aromatic nitrogens is 4. The molecule has 26 heavy (non-hydrogen) atoms. The molecule has 0 unspecified atom stereocenters. The fraction of sp³-hybridized carbons (Fsp3) is 0.450. The summed E-state index contributed by atoms with van der Waals surface area (Å²) in [6, 6.07) is 8.27. The van der Waals surface area contributed by atoms with Crippen molar-refractivity contribution in [2.75, 3.05) is 31.1 Å². The average Bonchev–Trinajstić information content (AvgIpc) is 3.27. The molecule has 134 valence electrons. The summed E-state index contributed by atoms with van der Waals surface area (Å²) in [5.74, 6) is 1.06. The maximum atomic E-state index is 4.79. The predicted octanol–water partition coefficient (Wildman–Crippen LogP) is 2.17. The Morgan fingerprint density at radius 3 is 2.73 bits per heavy atom. The van der Waals surface area contributed by atoms with E-state index in [1.807, 2.05) is 6.07 Å². The van der Waals surface area contributed by atoms with Gasteiger partial charge in [-0.2, -0.15) is 5.10 Å². The third-order valence-corrected chi connectivity index (χ3v) is 5.77. The molecule has 5 rings (SSSR count). The zero-order valence-corrected chi connectivity index (χ0v) is 15.2. The first-order valence-electron chi connectivity index (χ1n) is 9.50. The standard InChI is InChI=1S/C20H24N6/c1-24-19-8-4-6-15(19)18(23-24)13-25-9-11-26(12-10-25)20-16-5-2-3-7-17(16)21-14-22-20/h2-3,5,7,14H,4,6,8-13H2,1H3. The fourth-order valence-electron chi connectivity index (χ4n) is 4.40. The van der Waals surface area contributed by atoms with Gasteiger partial charge >= 0.3 is 0 Å². The Morgan fingerprint density at radius 2 is 1.85 bits per heavy atom. The van der Waals surface area contributed by atoms with Gasteiger partial charge in [-0.3, -0.25) is 9.58 Å². The molecule has 0 radical (unpaired) electrons. The molecule has 3 aromatic rings. The molecule has 0 spiro atoms. The van der Waals surface area contributed by atoms with Crippen LogP contribution >= 0.6 is 0 Å². The van der Waals surface area contributed by atoms with Gasteiger partial charge in [-0.25, -0.2) is 9.97 Å². The second kappa shape index (κ2) is 6.36. The van der Waals surface area contributed by atoms with Crippen LogP contribution in [0.15, 0.2) is 30.6 Å². The molecule has 1 aliphatic carbocycles. The van der Waals surface area contributed by atoms with Gasteiger partial charge in [-0.1, -0.05) is 12.1 Å². The topological polar surface area (TPSA) is 50.1 Å². The fourth-order valence-corrected chi connectivity index (χ4v) is 4.40. The molecule has 0 N–H and O–H groups in total. The molecule has 1 fully saturated rings. The molecule has 1 aliphatic heterocycles. The number of fused-ring (bicyclic) bond motifs is 2. The minimum absolute atomic E-state index is 0.974. The molecule has 1 aromatic carbocycles. The third-order valence-electron chi connectivity index (χ3n) is 5.77. The number of piperazine rings is 1. The summed E-state index contributed by atoms with van der Waals surface area (Å²) in [5, 5.41) is 5.93. The smallest absolute Gasteiger partial charge is 0.139 e. The SMILES string of the molecule is Cn1nc(CN2CCN(c3ncnc4ccccc34)CC2)c2c1CCC2. The van der Waals surface area contributed by atoms with Crippen molar-refractivity contribution >= 4 is 16.7 Å². The molecule has 0 amide bonds. The Hall–Kier alpha value is -2.47. The number of rotatable bonds is 3. The molecule has 0 saturated carbocycles. The third kappa shape index (κ3) is 2.65. The molecule has 0 bridgehead atoms. The van der Waals surface area contributed by atoms with Crippen LogP contribution in [0.5, 0.6) is 0 Å². The van der Waals surface area contributed by atoms with Crippen molar-refractivity contribution in [2.45, 2.75) is 25.8 Å². The van der Waals surface area contributed by atoms with E-state index >= 15 is 0 Å². The van der Waals surface area contributed by atoms with E-state index in [1.54, 1.807) is 6.33 Å². The molecule has 2 aromatic heterocycles. The Kier molecular flexibility index (Phi) is 3.85. The number of nitrogens with zero attached hydrogens (tertiary/aromatic N) is 6. The van der Waals surface area contributed by atoms with Crippen LogP contribution in [0, 0.1) is 0 Å². The van der Waals surface area contributed by atoms with Crippen LogP contribution in [0.25, 0.3) is 10.9 Å². The summed E-state index contributed by atoms with van der Waals surface area (Å²) >= 11 is 0. The Morgan fingerprint density at radius 1 is 1.00 bits per heavy atom. The highest BCUT2D eigenvalue weighted by Crippen LogP contribution is 2.27. The van der Waals surface area contributed by atoms with Crippen molar-refractivity contribution < 1.29 is 0 Å². The highest BCUT2D eigenvalue weighted by molar-refractivity contribution is 5.89. The zero-order valence-electron chi connectivity index (χ0n) is 15.2. The summed E-state index contributed by atoms with van der Waals surface area (Å²) in [4.78, 5) is 13.9. The summed E-state index contributed by atoms with van der Waals surface area (Å²) < 4.78 is 2.10. The maximum Gasteiger partial charge on any atom is 0.139 e. The lowest BCUT2D eigenvalue weighted by Gasteiger charge is -2.35. The Bertz CT molecular complexity index is 933. The van der Waals surface area contributed by atoms with E-state index in [-0.39, 0.29) is 0 Å². The molecule has 6 heteroatoms. The molecule has 1 saturated heterocycles. The van der Waals surface area contributed by atoms with Crippen LogP contribution in [0.1, 0.15) is 23.4 Å². The van der Waals surface area contributed by atoms with Crippen molar-refractivity contribution in [2.24, 2.45) is 7.05 Å². The molecule has 6 nitrogen and oxygen atoms in total. The van der Waals surface area contributed by atoms with Gasteiger partial charge in [-0.15, -0.1) is 0 Å². The first-order valence-corrected chi connectivity index (χ1v) is 9.50. The normalized spacial score (nSPS) is 17.8. The van der Waals surface area contributed by atoms with Gasteiger partial charge in [0.2, 0.25) is 0 Å². The second-order valence-electron chi connectivity index (χ2n) is 7.33. The van der Waals surface area contributed by atoms with Crippen LogP contribution in [-0.2, 0) is 26.4 Å². The Balaban J connectivity index is 1.30. The minimum Gasteiger partial charge on any atom is -0.353 e. The number of hydrogen-bond donors (Lipinski definition) is 0. The van der Waals surface area contributed by atoms with Crippen molar-refractivity contribution in [3.05, 3.63) is 47.5 Å². The van der Waals surface area contributed by atoms with Crippen LogP contribution in [0.2, 0.25) is 0 Å². The Labute approximate surface area is 153 Å². The number of anilines is 1. The van der Waals surface area contributed by atoms with Gasteiger partial charge in [0.05, 0.1) is 11.2 Å². The zero-order chi connectivity index (χ0) is 17.5. The van der Waals surface area contributed by atoms with E-state index in [0.29, 0.717) is 0 Å². The van der Waals surface area contributed by atoms with Crippen molar-refractivity contribution in [1.82, 2.24) is 24.6 Å². The minimum atomic E-state index is 0.974. The quantitative estimate of drug-likeness (QED) is 0.726. The molecule has 3 heterocycles. The summed E-state index contributed by atoms with van der Waals surface area (Å²) in [6.45, 7) is 5.06. The molecular weight excluding hydrogens is 324 g/mol. The van der Waals surface area contributed by atoms with Crippen molar-refractivity contribution in [1.29, 1.82) is 0 Å². The lowest BCUT2D eigenvalue weighted by Crippen LogP contribution is -2.46. The lowest BCUT2D eigenvalue weighted by atomic mass is 10.1. The van der Waals surface area contributed by atoms with E-state index in [9.17, 15) is 0 Å². The van der Waals surface area contributed by atoms with Gasteiger partial charge in [0.25, 0.3) is 0 Å². The number of para-hydroxylation sites is 1. The summed E-state index contributed by atoms with van der Waals surface area (Å²) in [5.41, 5.74) is 5.27. The van der Waals surface area contributed by atoms with Gasteiger partial charge in [0.1, 0.15) is 12.1 Å². The first kappa shape index (κ1) is 15.8. The van der Waals surface area contributed by atoms with Crippen LogP contribution in [-0.4, -0.2) is 50.8 Å². The number of benzene rings is 1. The lowest BCUT2D eigenvalue weighted by molar-refractivity contribution is 0.245.